The maximum absolute atomic E-state index is 12.1. The van der Waals surface area contributed by atoms with Gasteiger partial charge in [-0.2, -0.15) is 0 Å². The van der Waals surface area contributed by atoms with Gasteiger partial charge in [-0.3, -0.25) is 4.90 Å². The van der Waals surface area contributed by atoms with E-state index < -0.39 is 0 Å². The summed E-state index contributed by atoms with van der Waals surface area (Å²) >= 11 is 0. The van der Waals surface area contributed by atoms with Gasteiger partial charge in [-0.1, -0.05) is 18.2 Å². The van der Waals surface area contributed by atoms with Crippen molar-refractivity contribution in [2.45, 2.75) is 43.2 Å². The molecule has 4 rings (SSSR count). The summed E-state index contributed by atoms with van der Waals surface area (Å²) < 4.78 is 11.3. The van der Waals surface area contributed by atoms with Crippen LogP contribution < -0.4 is 0 Å². The fourth-order valence-electron chi connectivity index (χ4n) is 3.59. The molecule has 0 spiro atoms. The molecule has 0 N–H and O–H groups in total. The molecule has 3 aliphatic rings. The van der Waals surface area contributed by atoms with Crippen LogP contribution in [0.25, 0.3) is 0 Å². The molecule has 3 aliphatic heterocycles. The Morgan fingerprint density at radius 2 is 1.84 bits per heavy atom. The van der Waals surface area contributed by atoms with Crippen LogP contribution in [0.2, 0.25) is 0 Å². The average molecular weight is 259 g/mol. The number of epoxide rings is 1. The van der Waals surface area contributed by atoms with E-state index >= 15 is 0 Å². The Kier molecular flexibility index (Phi) is 2.44. The van der Waals surface area contributed by atoms with Crippen molar-refractivity contribution in [3.8, 4) is 0 Å². The third-order valence-corrected chi connectivity index (χ3v) is 4.66. The molecule has 1 unspecified atom stereocenters. The summed E-state index contributed by atoms with van der Waals surface area (Å²) in [4.78, 5) is 14.4. The van der Waals surface area contributed by atoms with Crippen LogP contribution in [0.4, 0.5) is 0 Å². The molecule has 0 saturated carbocycles. The molecule has 3 heterocycles. The number of nitrogens with zero attached hydrogens (tertiary/aromatic N) is 1. The van der Waals surface area contributed by atoms with Gasteiger partial charge in [0.1, 0.15) is 18.3 Å². The molecule has 1 aromatic rings. The molecule has 19 heavy (non-hydrogen) atoms. The maximum Gasteiger partial charge on any atom is 0.338 e. The van der Waals surface area contributed by atoms with E-state index in [9.17, 15) is 4.79 Å². The summed E-state index contributed by atoms with van der Waals surface area (Å²) in [5.41, 5.74) is 0.634. The zero-order chi connectivity index (χ0) is 13.0. The number of carbonyl (C=O) groups is 1. The molecule has 0 aliphatic carbocycles. The van der Waals surface area contributed by atoms with Gasteiger partial charge in [-0.15, -0.1) is 0 Å². The topological polar surface area (TPSA) is 42.1 Å². The van der Waals surface area contributed by atoms with Crippen molar-refractivity contribution in [1.29, 1.82) is 0 Å². The SMILES string of the molecule is CN1[C@@H]2CC(OC(=O)c3ccccc3)C[C@H]1[C@@H]1O[C@@H]12. The van der Waals surface area contributed by atoms with Gasteiger partial charge < -0.3 is 9.47 Å². The first-order valence-corrected chi connectivity index (χ1v) is 6.87. The standard InChI is InChI=1S/C15H17NO3/c1-16-11-7-10(8-12(16)14-13(11)19-14)18-15(17)9-5-3-2-4-6-9/h2-6,10-14H,7-8H2,1H3/t10?,11-,12+,13-,14+. The third-order valence-electron chi connectivity index (χ3n) is 4.66. The monoisotopic (exact) mass is 259 g/mol. The number of rotatable bonds is 2. The Labute approximate surface area is 112 Å². The van der Waals surface area contributed by atoms with Crippen molar-refractivity contribution in [2.75, 3.05) is 7.05 Å². The van der Waals surface area contributed by atoms with Gasteiger partial charge in [0.2, 0.25) is 0 Å². The molecule has 1 aromatic carbocycles. The quantitative estimate of drug-likeness (QED) is 0.595. The van der Waals surface area contributed by atoms with E-state index in [-0.39, 0.29) is 12.1 Å². The number of hydrogen-bond donors (Lipinski definition) is 0. The highest BCUT2D eigenvalue weighted by Gasteiger charge is 2.62. The first-order chi connectivity index (χ1) is 9.24. The zero-order valence-electron chi connectivity index (χ0n) is 10.9. The van der Waals surface area contributed by atoms with Crippen molar-refractivity contribution in [3.05, 3.63) is 35.9 Å². The maximum atomic E-state index is 12.1. The molecular weight excluding hydrogens is 242 g/mol. The summed E-state index contributed by atoms with van der Waals surface area (Å²) in [6.45, 7) is 0. The second kappa shape index (κ2) is 4.05. The van der Waals surface area contributed by atoms with Crippen LogP contribution in [0.5, 0.6) is 0 Å². The summed E-state index contributed by atoms with van der Waals surface area (Å²) in [5, 5.41) is 0. The van der Waals surface area contributed by atoms with Gasteiger partial charge >= 0.3 is 5.97 Å². The molecule has 0 amide bonds. The van der Waals surface area contributed by atoms with Gasteiger partial charge in [0.25, 0.3) is 0 Å². The van der Waals surface area contributed by atoms with Gasteiger partial charge in [0.05, 0.1) is 5.56 Å². The van der Waals surface area contributed by atoms with Crippen LogP contribution in [0.1, 0.15) is 23.2 Å². The molecule has 4 nitrogen and oxygen atoms in total. The van der Waals surface area contributed by atoms with Gasteiger partial charge in [-0.25, -0.2) is 4.79 Å². The molecule has 0 aromatic heterocycles. The van der Waals surface area contributed by atoms with Gasteiger partial charge in [0.15, 0.2) is 0 Å². The first kappa shape index (κ1) is 11.4. The van der Waals surface area contributed by atoms with E-state index in [2.05, 4.69) is 11.9 Å². The van der Waals surface area contributed by atoms with E-state index in [1.807, 2.05) is 18.2 Å². The lowest BCUT2D eigenvalue weighted by atomic mass is 9.99. The number of ether oxygens (including phenoxy) is 2. The van der Waals surface area contributed by atoms with Crippen molar-refractivity contribution >= 4 is 5.97 Å². The zero-order valence-corrected chi connectivity index (χ0v) is 10.9. The number of fused-ring (bicyclic) bond motifs is 5. The second-order valence-electron chi connectivity index (χ2n) is 5.73. The Morgan fingerprint density at radius 1 is 1.21 bits per heavy atom. The largest absolute Gasteiger partial charge is 0.459 e. The Balaban J connectivity index is 1.44. The molecule has 4 heteroatoms. The number of piperidine rings is 1. The predicted molar refractivity (Wildman–Crippen MR) is 68.9 cm³/mol. The number of likely N-dealkylation sites (N-methyl/N-ethyl adjacent to an activating group) is 1. The molecule has 0 radical (unpaired) electrons. The van der Waals surface area contributed by atoms with E-state index in [1.165, 1.54) is 0 Å². The Bertz CT molecular complexity index is 485. The van der Waals surface area contributed by atoms with Gasteiger partial charge in [0, 0.05) is 24.9 Å². The van der Waals surface area contributed by atoms with Crippen LogP contribution in [0.3, 0.4) is 0 Å². The molecular formula is C15H17NO3. The fraction of sp³-hybridized carbons (Fsp3) is 0.533. The summed E-state index contributed by atoms with van der Waals surface area (Å²) in [7, 11) is 2.15. The number of carbonyl (C=O) groups excluding carboxylic acids is 1. The van der Waals surface area contributed by atoms with Crippen LogP contribution in [0, 0.1) is 0 Å². The highest BCUT2D eigenvalue weighted by atomic mass is 16.6. The van der Waals surface area contributed by atoms with Crippen LogP contribution >= 0.6 is 0 Å². The van der Waals surface area contributed by atoms with E-state index in [4.69, 9.17) is 9.47 Å². The molecule has 3 saturated heterocycles. The molecule has 2 bridgehead atoms. The lowest BCUT2D eigenvalue weighted by Gasteiger charge is -2.37. The average Bonchev–Trinajstić information content (AvgIpc) is 3.18. The Morgan fingerprint density at radius 3 is 2.47 bits per heavy atom. The van der Waals surface area contributed by atoms with Crippen LogP contribution in [0.15, 0.2) is 30.3 Å². The van der Waals surface area contributed by atoms with Crippen LogP contribution in [-0.2, 0) is 9.47 Å². The number of esters is 1. The van der Waals surface area contributed by atoms with E-state index in [0.29, 0.717) is 29.9 Å². The minimum Gasteiger partial charge on any atom is -0.459 e. The lowest BCUT2D eigenvalue weighted by molar-refractivity contribution is -0.0232. The highest BCUT2D eigenvalue weighted by molar-refractivity contribution is 5.89. The molecule has 3 fully saturated rings. The van der Waals surface area contributed by atoms with Crippen molar-refractivity contribution in [3.63, 3.8) is 0 Å². The minimum atomic E-state index is -0.204. The minimum absolute atomic E-state index is 0.0373. The van der Waals surface area contributed by atoms with Crippen molar-refractivity contribution in [2.24, 2.45) is 0 Å². The summed E-state index contributed by atoms with van der Waals surface area (Å²) in [6, 6.07) is 10.1. The summed E-state index contributed by atoms with van der Waals surface area (Å²) in [6.07, 6.45) is 2.60. The predicted octanol–water partition coefficient (Wildman–Crippen LogP) is 1.46. The van der Waals surface area contributed by atoms with Crippen molar-refractivity contribution in [1.82, 2.24) is 4.90 Å². The first-order valence-electron chi connectivity index (χ1n) is 6.87. The summed E-state index contributed by atoms with van der Waals surface area (Å²) in [5.74, 6) is -0.204. The lowest BCUT2D eigenvalue weighted by Crippen LogP contribution is -2.47. The van der Waals surface area contributed by atoms with E-state index in [1.54, 1.807) is 12.1 Å². The van der Waals surface area contributed by atoms with Gasteiger partial charge in [-0.05, 0) is 19.2 Å². The van der Waals surface area contributed by atoms with E-state index in [0.717, 1.165) is 12.8 Å². The molecule has 5 atom stereocenters. The van der Waals surface area contributed by atoms with Crippen LogP contribution in [-0.4, -0.2) is 48.3 Å². The smallest absolute Gasteiger partial charge is 0.338 e. The second-order valence-corrected chi connectivity index (χ2v) is 5.73. The van der Waals surface area contributed by atoms with Crippen molar-refractivity contribution < 1.29 is 14.3 Å². The number of morpholine rings is 1. The third kappa shape index (κ3) is 1.78. The fourth-order valence-corrected chi connectivity index (χ4v) is 3.59. The number of hydrogen-bond acceptors (Lipinski definition) is 4. The highest BCUT2D eigenvalue weighted by Crippen LogP contribution is 2.47. The number of benzene rings is 1. The molecule has 100 valence electrons. The Hall–Kier alpha value is -1.39. The normalized spacial score (nSPS) is 39.7.